The molecule has 0 aromatic rings. The van der Waals surface area contributed by atoms with Crippen LogP contribution in [-0.4, -0.2) is 18.2 Å². The summed E-state index contributed by atoms with van der Waals surface area (Å²) in [6.07, 6.45) is -0.547. The van der Waals surface area contributed by atoms with Crippen molar-refractivity contribution in [3.63, 3.8) is 0 Å². The van der Waals surface area contributed by atoms with Gasteiger partial charge in [0.05, 0.1) is 6.42 Å². The quantitative estimate of drug-likeness (QED) is 0.468. The third-order valence-electron chi connectivity index (χ3n) is 1.17. The minimum atomic E-state index is -0.600. The van der Waals surface area contributed by atoms with Gasteiger partial charge >= 0.3 is 0 Å². The van der Waals surface area contributed by atoms with Crippen molar-refractivity contribution in [2.45, 2.75) is 19.6 Å². The van der Waals surface area contributed by atoms with Crippen LogP contribution in [0.2, 0.25) is 0 Å². The molecule has 0 N–H and O–H groups in total. The molecule has 11 heavy (non-hydrogen) atoms. The van der Waals surface area contributed by atoms with Gasteiger partial charge in [-0.15, -0.1) is 0 Å². The van der Waals surface area contributed by atoms with Gasteiger partial charge in [-0.1, -0.05) is 0 Å². The van der Waals surface area contributed by atoms with E-state index in [0.29, 0.717) is 0 Å². The molecule has 0 unspecified atom stereocenters. The van der Waals surface area contributed by atoms with E-state index in [1.807, 2.05) is 0 Å². The smallest absolute Gasteiger partial charge is 0.239 e. The fourth-order valence-electron chi connectivity index (χ4n) is 0.774. The molecular weight excluding hydrogens is 148 g/mol. The lowest BCUT2D eigenvalue weighted by Crippen LogP contribution is -2.19. The maximum Gasteiger partial charge on any atom is 0.239 e. The highest BCUT2D eigenvalue weighted by Crippen LogP contribution is 2.19. The van der Waals surface area contributed by atoms with Gasteiger partial charge in [0.15, 0.2) is 23.4 Å². The van der Waals surface area contributed by atoms with Crippen LogP contribution in [0.15, 0.2) is 11.5 Å². The maximum atomic E-state index is 10.1. The van der Waals surface area contributed by atoms with Gasteiger partial charge in [-0.3, -0.25) is 0 Å². The molecule has 4 nitrogen and oxygen atoms in total. The van der Waals surface area contributed by atoms with E-state index in [1.54, 1.807) is 18.8 Å². The van der Waals surface area contributed by atoms with Crippen molar-refractivity contribution < 1.29 is 19.1 Å². The molecule has 0 aromatic heterocycles. The molecule has 1 aliphatic heterocycles. The summed E-state index contributed by atoms with van der Waals surface area (Å²) in [4.78, 5) is 20.2. The Morgan fingerprint density at radius 3 is 2.09 bits per heavy atom. The number of ether oxygens (including phenoxy) is 2. The summed E-state index contributed by atoms with van der Waals surface area (Å²) in [5.74, 6) is 3.30. The molecule has 0 aliphatic carbocycles. The van der Waals surface area contributed by atoms with Crippen molar-refractivity contribution in [2.75, 3.05) is 0 Å². The summed E-state index contributed by atoms with van der Waals surface area (Å²) in [6.45, 7) is 1.58. The van der Waals surface area contributed by atoms with Gasteiger partial charge in [0.1, 0.15) is 0 Å². The molecule has 1 aliphatic rings. The zero-order chi connectivity index (χ0) is 8.27. The Hall–Kier alpha value is -1.50. The minimum absolute atomic E-state index is 0.0529. The fraction of sp³-hybridized carbons (Fsp3) is 0.429. The normalized spacial score (nSPS) is 22.8. The first-order valence-electron chi connectivity index (χ1n) is 3.07. The van der Waals surface area contributed by atoms with E-state index in [2.05, 4.69) is 0 Å². The van der Waals surface area contributed by atoms with E-state index in [1.165, 1.54) is 0 Å². The third kappa shape index (κ3) is 1.71. The van der Waals surface area contributed by atoms with Crippen molar-refractivity contribution in [3.05, 3.63) is 11.5 Å². The minimum Gasteiger partial charge on any atom is -0.448 e. The molecule has 0 atom stereocenters. The summed E-state index contributed by atoms with van der Waals surface area (Å²) < 4.78 is 9.68. The molecule has 0 spiro atoms. The molecule has 58 valence electrons. The predicted octanol–water partition coefficient (Wildman–Crippen LogP) is 0.200. The summed E-state index contributed by atoms with van der Waals surface area (Å²) in [5.41, 5.74) is 0. The van der Waals surface area contributed by atoms with Crippen LogP contribution in [0.4, 0.5) is 0 Å². The van der Waals surface area contributed by atoms with E-state index in [-0.39, 0.29) is 17.9 Å². The molecule has 0 saturated carbocycles. The summed E-state index contributed by atoms with van der Waals surface area (Å²) in [7, 11) is 0. The average Bonchev–Trinajstić information content (AvgIpc) is 2.03. The Morgan fingerprint density at radius 1 is 1.27 bits per heavy atom. The number of rotatable bonds is 0. The van der Waals surface area contributed by atoms with Crippen LogP contribution in [0.25, 0.3) is 0 Å². The Kier molecular flexibility index (Phi) is 2.12. The molecule has 1 fully saturated rings. The van der Waals surface area contributed by atoms with Crippen LogP contribution in [-0.2, 0) is 19.1 Å². The molecule has 1 saturated heterocycles. The first kappa shape index (κ1) is 7.61. The van der Waals surface area contributed by atoms with Gasteiger partial charge in [-0.2, -0.15) is 0 Å². The highest BCUT2D eigenvalue weighted by molar-refractivity contribution is 5.56. The van der Waals surface area contributed by atoms with Crippen molar-refractivity contribution in [3.8, 4) is 0 Å². The van der Waals surface area contributed by atoms with E-state index in [9.17, 15) is 9.59 Å². The van der Waals surface area contributed by atoms with Crippen LogP contribution in [0.1, 0.15) is 13.3 Å². The van der Waals surface area contributed by atoms with Crippen LogP contribution in [0.3, 0.4) is 0 Å². The second-order valence-electron chi connectivity index (χ2n) is 2.03. The van der Waals surface area contributed by atoms with Crippen molar-refractivity contribution >= 4 is 11.9 Å². The number of hydrogen-bond donors (Lipinski definition) is 0. The van der Waals surface area contributed by atoms with E-state index in [0.717, 1.165) is 0 Å². The monoisotopic (exact) mass is 154 g/mol. The first-order chi connectivity index (χ1) is 5.26. The highest BCUT2D eigenvalue weighted by Gasteiger charge is 2.19. The number of carbonyl (C=O) groups excluding carboxylic acids is 2. The van der Waals surface area contributed by atoms with E-state index >= 15 is 0 Å². The van der Waals surface area contributed by atoms with Gasteiger partial charge < -0.3 is 9.47 Å². The molecule has 1 heterocycles. The lowest BCUT2D eigenvalue weighted by atomic mass is 10.3. The first-order valence-corrected chi connectivity index (χ1v) is 3.07. The number of hydrogen-bond acceptors (Lipinski definition) is 4. The zero-order valence-electron chi connectivity index (χ0n) is 5.92. The molecule has 0 aromatic carbocycles. The van der Waals surface area contributed by atoms with Gasteiger partial charge in [-0.25, -0.2) is 9.59 Å². The largest absolute Gasteiger partial charge is 0.448 e. The summed E-state index contributed by atoms with van der Waals surface area (Å²) in [5, 5.41) is 0. The van der Waals surface area contributed by atoms with Gasteiger partial charge in [0, 0.05) is 6.92 Å². The summed E-state index contributed by atoms with van der Waals surface area (Å²) in [6, 6.07) is 0. The van der Waals surface area contributed by atoms with Crippen LogP contribution >= 0.6 is 0 Å². The molecule has 1 rings (SSSR count). The SMILES string of the molecule is CC1OC(=C=O)CC(=C=O)O1. The van der Waals surface area contributed by atoms with Crippen LogP contribution in [0.5, 0.6) is 0 Å². The fourth-order valence-corrected chi connectivity index (χ4v) is 0.774. The molecular formula is C7H6O4. The standard InChI is InChI=1S/C7H6O4/c1-5-10-6(3-8)2-7(4-9)11-5/h5H,2H2,1H3. The Labute approximate surface area is 63.1 Å². The third-order valence-corrected chi connectivity index (χ3v) is 1.17. The molecule has 0 amide bonds. The molecule has 0 bridgehead atoms. The van der Waals surface area contributed by atoms with Crippen molar-refractivity contribution in [1.82, 2.24) is 0 Å². The van der Waals surface area contributed by atoms with E-state index < -0.39 is 6.29 Å². The second kappa shape index (κ2) is 3.06. The Bertz CT molecular complexity index is 230. The van der Waals surface area contributed by atoms with Crippen LogP contribution < -0.4 is 0 Å². The lowest BCUT2D eigenvalue weighted by Gasteiger charge is -2.21. The topological polar surface area (TPSA) is 52.6 Å². The summed E-state index contributed by atoms with van der Waals surface area (Å²) >= 11 is 0. The van der Waals surface area contributed by atoms with Crippen molar-refractivity contribution in [2.24, 2.45) is 0 Å². The predicted molar refractivity (Wildman–Crippen MR) is 34.7 cm³/mol. The maximum absolute atomic E-state index is 10.1. The van der Waals surface area contributed by atoms with Gasteiger partial charge in [-0.05, 0) is 0 Å². The van der Waals surface area contributed by atoms with Crippen LogP contribution in [0, 0.1) is 0 Å². The van der Waals surface area contributed by atoms with E-state index in [4.69, 9.17) is 9.47 Å². The van der Waals surface area contributed by atoms with Gasteiger partial charge in [0.25, 0.3) is 0 Å². The Balaban J connectivity index is 2.81. The zero-order valence-corrected chi connectivity index (χ0v) is 5.92. The second-order valence-corrected chi connectivity index (χ2v) is 2.03. The Morgan fingerprint density at radius 2 is 1.73 bits per heavy atom. The lowest BCUT2D eigenvalue weighted by molar-refractivity contribution is -0.0977. The molecule has 4 heteroatoms. The van der Waals surface area contributed by atoms with Crippen molar-refractivity contribution in [1.29, 1.82) is 0 Å². The van der Waals surface area contributed by atoms with Gasteiger partial charge in [0.2, 0.25) is 6.29 Å². The molecule has 0 radical (unpaired) electrons. The highest BCUT2D eigenvalue weighted by atomic mass is 16.7. The average molecular weight is 154 g/mol.